The number of carbonyl (C=O) groups excluding carboxylic acids is 2. The largest absolute Gasteiger partial charge is 0.478 e. The Morgan fingerprint density at radius 2 is 1.66 bits per heavy atom. The second kappa shape index (κ2) is 10.6. The van der Waals surface area contributed by atoms with Gasteiger partial charge in [0.1, 0.15) is 12.6 Å². The van der Waals surface area contributed by atoms with Gasteiger partial charge in [-0.15, -0.1) is 0 Å². The third-order valence-electron chi connectivity index (χ3n) is 5.31. The van der Waals surface area contributed by atoms with Crippen molar-refractivity contribution in [2.45, 2.75) is 18.9 Å². The maximum absolute atomic E-state index is 12.4. The molecule has 8 nitrogen and oxygen atoms in total. The van der Waals surface area contributed by atoms with E-state index in [1.165, 1.54) is 20.1 Å². The number of ether oxygens (including phenoxy) is 2. The van der Waals surface area contributed by atoms with Gasteiger partial charge in [-0.1, -0.05) is 54.6 Å². The van der Waals surface area contributed by atoms with Gasteiger partial charge in [0.05, 0.1) is 6.61 Å². The van der Waals surface area contributed by atoms with E-state index < -0.39 is 24.0 Å². The summed E-state index contributed by atoms with van der Waals surface area (Å²) in [6.07, 6.45) is 0.638. The maximum Gasteiger partial charge on any atom is 0.407 e. The molecule has 0 unspecified atom stereocenters. The number of carboxylic acids is 1. The minimum absolute atomic E-state index is 0.0174. The van der Waals surface area contributed by atoms with Crippen molar-refractivity contribution in [1.82, 2.24) is 10.6 Å². The van der Waals surface area contributed by atoms with E-state index in [1.807, 2.05) is 48.5 Å². The van der Waals surface area contributed by atoms with Crippen molar-refractivity contribution in [3.05, 3.63) is 71.3 Å². The number of carbonyl (C=O) groups is 3. The van der Waals surface area contributed by atoms with E-state index >= 15 is 0 Å². The zero-order chi connectivity index (χ0) is 23.1. The topological polar surface area (TPSA) is 114 Å². The van der Waals surface area contributed by atoms with Gasteiger partial charge in [-0.25, -0.2) is 9.59 Å². The molecule has 3 N–H and O–H groups in total. The molecule has 0 aromatic heterocycles. The number of carboxylic acid groups (broad SMARTS) is 1. The molecule has 0 fully saturated rings. The number of hydrogen-bond donors (Lipinski definition) is 3. The van der Waals surface area contributed by atoms with E-state index in [0.717, 1.165) is 22.3 Å². The average molecular weight is 438 g/mol. The maximum atomic E-state index is 12.4. The number of amides is 2. The molecule has 2 aromatic carbocycles. The highest BCUT2D eigenvalue weighted by Gasteiger charge is 2.29. The zero-order valence-corrected chi connectivity index (χ0v) is 18.0. The summed E-state index contributed by atoms with van der Waals surface area (Å²) in [5.41, 5.74) is 4.54. The number of nitrogens with one attached hydrogen (secondary N) is 2. The first kappa shape index (κ1) is 23.0. The van der Waals surface area contributed by atoms with Crippen molar-refractivity contribution in [2.24, 2.45) is 0 Å². The van der Waals surface area contributed by atoms with E-state index in [0.29, 0.717) is 0 Å². The van der Waals surface area contributed by atoms with Crippen LogP contribution in [0.4, 0.5) is 4.79 Å². The van der Waals surface area contributed by atoms with Crippen LogP contribution in [0.3, 0.4) is 0 Å². The normalized spacial score (nSPS) is 13.6. The molecule has 2 amide bonds. The van der Waals surface area contributed by atoms with Gasteiger partial charge in [0.25, 0.3) is 0 Å². The SMILES string of the molecule is COC[C@H](NC(=O)OCC1c2ccccc2-c2ccccc21)C(=O)NC/C=C(\C)C(=O)O. The fraction of sp³-hybridized carbons (Fsp3) is 0.292. The summed E-state index contributed by atoms with van der Waals surface area (Å²) in [5.74, 6) is -1.66. The Kier molecular flexibility index (Phi) is 7.62. The van der Waals surface area contributed by atoms with Gasteiger partial charge in [0, 0.05) is 25.1 Å². The second-order valence-corrected chi connectivity index (χ2v) is 7.42. The van der Waals surface area contributed by atoms with Crippen LogP contribution in [0.5, 0.6) is 0 Å². The predicted molar refractivity (Wildman–Crippen MR) is 118 cm³/mol. The Morgan fingerprint density at radius 1 is 1.06 bits per heavy atom. The molecule has 0 radical (unpaired) electrons. The molecule has 0 bridgehead atoms. The first-order valence-corrected chi connectivity index (χ1v) is 10.2. The summed E-state index contributed by atoms with van der Waals surface area (Å²) >= 11 is 0. The Bertz CT molecular complexity index is 987. The monoisotopic (exact) mass is 438 g/mol. The highest BCUT2D eigenvalue weighted by molar-refractivity contribution is 5.87. The molecule has 0 spiro atoms. The van der Waals surface area contributed by atoms with Crippen molar-refractivity contribution in [3.63, 3.8) is 0 Å². The van der Waals surface area contributed by atoms with Gasteiger partial charge in [-0.05, 0) is 29.2 Å². The van der Waals surface area contributed by atoms with Crippen LogP contribution in [-0.2, 0) is 19.1 Å². The van der Waals surface area contributed by atoms with Gasteiger partial charge in [-0.2, -0.15) is 0 Å². The third kappa shape index (κ3) is 5.33. The van der Waals surface area contributed by atoms with Crippen LogP contribution >= 0.6 is 0 Å². The van der Waals surface area contributed by atoms with Gasteiger partial charge >= 0.3 is 12.1 Å². The van der Waals surface area contributed by atoms with Gasteiger partial charge in [0.2, 0.25) is 5.91 Å². The molecule has 0 saturated heterocycles. The van der Waals surface area contributed by atoms with E-state index in [4.69, 9.17) is 14.6 Å². The van der Waals surface area contributed by atoms with Crippen LogP contribution < -0.4 is 10.6 Å². The number of hydrogen-bond acceptors (Lipinski definition) is 5. The van der Waals surface area contributed by atoms with E-state index in [9.17, 15) is 14.4 Å². The average Bonchev–Trinajstić information content (AvgIpc) is 3.11. The minimum atomic E-state index is -1.07. The lowest BCUT2D eigenvalue weighted by Gasteiger charge is -2.19. The molecule has 2 aromatic rings. The molecular formula is C24H26N2O6. The molecule has 0 aliphatic heterocycles. The van der Waals surface area contributed by atoms with Crippen LogP contribution in [0.25, 0.3) is 11.1 Å². The van der Waals surface area contributed by atoms with E-state index in [1.54, 1.807) is 0 Å². The summed E-state index contributed by atoms with van der Waals surface area (Å²) in [4.78, 5) is 35.6. The number of benzene rings is 2. The fourth-order valence-electron chi connectivity index (χ4n) is 3.65. The smallest absolute Gasteiger partial charge is 0.407 e. The molecule has 1 atom stereocenters. The number of rotatable bonds is 9. The lowest BCUT2D eigenvalue weighted by Crippen LogP contribution is -2.49. The summed E-state index contributed by atoms with van der Waals surface area (Å²) in [6.45, 7) is 1.51. The molecule has 1 aliphatic carbocycles. The highest BCUT2D eigenvalue weighted by Crippen LogP contribution is 2.44. The predicted octanol–water partition coefficient (Wildman–Crippen LogP) is 2.69. The summed E-state index contributed by atoms with van der Waals surface area (Å²) in [6, 6.07) is 15.0. The molecule has 168 valence electrons. The van der Waals surface area contributed by atoms with Crippen LogP contribution in [-0.4, -0.2) is 56.0 Å². The van der Waals surface area contributed by atoms with E-state index in [-0.39, 0.29) is 31.2 Å². The summed E-state index contributed by atoms with van der Waals surface area (Å²) in [7, 11) is 1.41. The minimum Gasteiger partial charge on any atom is -0.478 e. The summed E-state index contributed by atoms with van der Waals surface area (Å²) < 4.78 is 10.5. The Balaban J connectivity index is 1.60. The Hall–Kier alpha value is -3.65. The molecule has 32 heavy (non-hydrogen) atoms. The number of fused-ring (bicyclic) bond motifs is 3. The first-order valence-electron chi connectivity index (χ1n) is 10.2. The number of aliphatic carboxylic acids is 1. The molecule has 0 saturated carbocycles. The molecule has 8 heteroatoms. The van der Waals surface area contributed by atoms with Crippen LogP contribution in [0.1, 0.15) is 24.0 Å². The summed E-state index contributed by atoms with van der Waals surface area (Å²) in [5, 5.41) is 13.9. The van der Waals surface area contributed by atoms with Crippen molar-refractivity contribution in [1.29, 1.82) is 0 Å². The lowest BCUT2D eigenvalue weighted by molar-refractivity contribution is -0.132. The Labute approximate surface area is 186 Å². The zero-order valence-electron chi connectivity index (χ0n) is 18.0. The lowest BCUT2D eigenvalue weighted by atomic mass is 9.98. The van der Waals surface area contributed by atoms with Crippen LogP contribution in [0.15, 0.2) is 60.2 Å². The molecular weight excluding hydrogens is 412 g/mol. The standard InChI is InChI=1S/C24H26N2O6/c1-15(23(28)29)11-12-25-22(27)21(14-31-2)26-24(30)32-13-20-18-9-5-3-7-16(18)17-8-4-6-10-19(17)20/h3-11,20-21H,12-14H2,1-2H3,(H,25,27)(H,26,30)(H,28,29)/b15-11+/t21-/m0/s1. The number of alkyl carbamates (subject to hydrolysis) is 1. The molecule has 1 aliphatic rings. The van der Waals surface area contributed by atoms with Crippen molar-refractivity contribution in [2.75, 3.05) is 26.9 Å². The Morgan fingerprint density at radius 3 is 2.22 bits per heavy atom. The van der Waals surface area contributed by atoms with Crippen molar-refractivity contribution < 1.29 is 29.0 Å². The quantitative estimate of drug-likeness (QED) is 0.519. The first-order chi connectivity index (χ1) is 15.4. The van der Waals surface area contributed by atoms with Crippen LogP contribution in [0.2, 0.25) is 0 Å². The molecule has 3 rings (SSSR count). The van der Waals surface area contributed by atoms with Gasteiger partial charge in [0.15, 0.2) is 0 Å². The van der Waals surface area contributed by atoms with Crippen molar-refractivity contribution in [3.8, 4) is 11.1 Å². The number of methoxy groups -OCH3 is 1. The third-order valence-corrected chi connectivity index (χ3v) is 5.31. The van der Waals surface area contributed by atoms with Gasteiger partial charge in [-0.3, -0.25) is 4.79 Å². The van der Waals surface area contributed by atoms with Crippen molar-refractivity contribution >= 4 is 18.0 Å². The van der Waals surface area contributed by atoms with Gasteiger partial charge < -0.3 is 25.2 Å². The second-order valence-electron chi connectivity index (χ2n) is 7.42. The van der Waals surface area contributed by atoms with E-state index in [2.05, 4.69) is 10.6 Å². The fourth-order valence-corrected chi connectivity index (χ4v) is 3.65. The highest BCUT2D eigenvalue weighted by atomic mass is 16.5. The molecule has 0 heterocycles. The van der Waals surface area contributed by atoms with Crippen LogP contribution in [0, 0.1) is 0 Å².